The number of hydrogen-bond donors (Lipinski definition) is 0. The molecule has 1 fully saturated rings. The van der Waals surface area contributed by atoms with Crippen LogP contribution in [0, 0.1) is 0 Å². The summed E-state index contributed by atoms with van der Waals surface area (Å²) >= 11 is 2.92. The highest BCUT2D eigenvalue weighted by Gasteiger charge is 2.24. The molecule has 0 aromatic carbocycles. The Balaban J connectivity index is 1.95. The number of aromatic nitrogens is 2. The summed E-state index contributed by atoms with van der Waals surface area (Å²) in [6, 6.07) is 1.81. The van der Waals surface area contributed by atoms with Gasteiger partial charge in [0.1, 0.15) is 10.6 Å². The lowest BCUT2D eigenvalue weighted by Gasteiger charge is -2.13. The van der Waals surface area contributed by atoms with Gasteiger partial charge in [-0.1, -0.05) is 24.6 Å². The number of thiophene rings is 1. The maximum atomic E-state index is 12.2. The first-order valence-electron chi connectivity index (χ1n) is 6.80. The van der Waals surface area contributed by atoms with E-state index in [4.69, 9.17) is 0 Å². The molecule has 106 valence electrons. The summed E-state index contributed by atoms with van der Waals surface area (Å²) in [5, 5.41) is 3.15. The zero-order valence-corrected chi connectivity index (χ0v) is 12.9. The van der Waals surface area contributed by atoms with Crippen molar-refractivity contribution in [2.45, 2.75) is 42.5 Å². The Morgan fingerprint density at radius 1 is 1.35 bits per heavy atom. The van der Waals surface area contributed by atoms with Gasteiger partial charge in [-0.05, 0) is 24.3 Å². The number of carbonyl (C=O) groups excluding carboxylic acids is 1. The van der Waals surface area contributed by atoms with Crippen molar-refractivity contribution in [1.29, 1.82) is 0 Å². The molecule has 1 atom stereocenters. The van der Waals surface area contributed by atoms with Crippen molar-refractivity contribution in [2.75, 3.05) is 0 Å². The first-order valence-corrected chi connectivity index (χ1v) is 8.56. The third-order valence-corrected chi connectivity index (χ3v) is 5.83. The SMILES string of the molecule is Cn1c(SC2CCCCCC2=O)nc2sccc2c1=O. The van der Waals surface area contributed by atoms with E-state index in [2.05, 4.69) is 4.98 Å². The number of fused-ring (bicyclic) bond motifs is 1. The van der Waals surface area contributed by atoms with Crippen molar-refractivity contribution < 1.29 is 4.79 Å². The molecular formula is C14H16N2O2S2. The smallest absolute Gasteiger partial charge is 0.262 e. The fourth-order valence-electron chi connectivity index (χ4n) is 2.47. The summed E-state index contributed by atoms with van der Waals surface area (Å²) in [5.74, 6) is 0.299. The first kappa shape index (κ1) is 13.8. The zero-order chi connectivity index (χ0) is 14.1. The van der Waals surface area contributed by atoms with Gasteiger partial charge in [0.25, 0.3) is 5.56 Å². The van der Waals surface area contributed by atoms with E-state index in [1.807, 2.05) is 5.38 Å². The van der Waals surface area contributed by atoms with Gasteiger partial charge < -0.3 is 0 Å². The number of carbonyl (C=O) groups is 1. The van der Waals surface area contributed by atoms with Crippen LogP contribution in [0.5, 0.6) is 0 Å². The third-order valence-electron chi connectivity index (χ3n) is 3.66. The Kier molecular flexibility index (Phi) is 3.94. The number of Topliss-reactive ketones (excluding diaryl/α,β-unsaturated/α-hetero) is 1. The number of nitrogens with zero attached hydrogens (tertiary/aromatic N) is 2. The van der Waals surface area contributed by atoms with Gasteiger partial charge in [0.05, 0.1) is 10.6 Å². The van der Waals surface area contributed by atoms with Crippen LogP contribution in [0.2, 0.25) is 0 Å². The van der Waals surface area contributed by atoms with Crippen LogP contribution in [0.4, 0.5) is 0 Å². The van der Waals surface area contributed by atoms with E-state index < -0.39 is 0 Å². The summed E-state index contributed by atoms with van der Waals surface area (Å²) in [4.78, 5) is 29.6. The highest BCUT2D eigenvalue weighted by Crippen LogP contribution is 2.30. The fraction of sp³-hybridized carbons (Fsp3) is 0.500. The van der Waals surface area contributed by atoms with Gasteiger partial charge >= 0.3 is 0 Å². The normalized spacial score (nSPS) is 20.2. The molecule has 6 heteroatoms. The van der Waals surface area contributed by atoms with Gasteiger partial charge in [-0.25, -0.2) is 4.98 Å². The number of rotatable bonds is 2. The van der Waals surface area contributed by atoms with Crippen LogP contribution >= 0.6 is 23.1 Å². The van der Waals surface area contributed by atoms with Crippen LogP contribution in [-0.4, -0.2) is 20.6 Å². The molecule has 20 heavy (non-hydrogen) atoms. The van der Waals surface area contributed by atoms with Crippen molar-refractivity contribution >= 4 is 39.1 Å². The van der Waals surface area contributed by atoms with Gasteiger partial charge in [-0.2, -0.15) is 0 Å². The minimum Gasteiger partial charge on any atom is -0.298 e. The lowest BCUT2D eigenvalue weighted by Crippen LogP contribution is -2.22. The Morgan fingerprint density at radius 2 is 2.20 bits per heavy atom. The molecule has 2 aromatic heterocycles. The van der Waals surface area contributed by atoms with Gasteiger partial charge in [0.2, 0.25) is 0 Å². The van der Waals surface area contributed by atoms with Crippen LogP contribution < -0.4 is 5.56 Å². The molecule has 3 rings (SSSR count). The van der Waals surface area contributed by atoms with E-state index in [-0.39, 0.29) is 10.8 Å². The molecule has 0 bridgehead atoms. The molecule has 1 aliphatic carbocycles. The summed E-state index contributed by atoms with van der Waals surface area (Å²) < 4.78 is 1.57. The summed E-state index contributed by atoms with van der Waals surface area (Å²) in [6.07, 6.45) is 4.75. The maximum Gasteiger partial charge on any atom is 0.262 e. The Morgan fingerprint density at radius 3 is 3.05 bits per heavy atom. The topological polar surface area (TPSA) is 52.0 Å². The molecule has 0 saturated heterocycles. The maximum absolute atomic E-state index is 12.2. The second-order valence-corrected chi connectivity index (χ2v) is 7.13. The van der Waals surface area contributed by atoms with Crippen LogP contribution in [0.3, 0.4) is 0 Å². The molecule has 2 aromatic rings. The highest BCUT2D eigenvalue weighted by atomic mass is 32.2. The second kappa shape index (κ2) is 5.69. The highest BCUT2D eigenvalue weighted by molar-refractivity contribution is 8.00. The molecule has 0 amide bonds. The van der Waals surface area contributed by atoms with Gasteiger partial charge in [0, 0.05) is 13.5 Å². The number of hydrogen-bond acceptors (Lipinski definition) is 5. The molecule has 0 N–H and O–H groups in total. The predicted molar refractivity (Wildman–Crippen MR) is 82.6 cm³/mol. The third kappa shape index (κ3) is 2.54. The average molecular weight is 308 g/mol. The van der Waals surface area contributed by atoms with E-state index >= 15 is 0 Å². The summed E-state index contributed by atoms with van der Waals surface area (Å²) in [6.45, 7) is 0. The average Bonchev–Trinajstić information content (AvgIpc) is 2.81. The molecule has 2 heterocycles. The lowest BCUT2D eigenvalue weighted by molar-refractivity contribution is -0.118. The van der Waals surface area contributed by atoms with Crippen LogP contribution in [0.1, 0.15) is 32.1 Å². The lowest BCUT2D eigenvalue weighted by atomic mass is 10.2. The molecule has 0 aliphatic heterocycles. The summed E-state index contributed by atoms with van der Waals surface area (Å²) in [7, 11) is 1.73. The van der Waals surface area contributed by atoms with E-state index in [1.165, 1.54) is 23.1 Å². The van der Waals surface area contributed by atoms with Crippen molar-refractivity contribution in [3.8, 4) is 0 Å². The molecule has 0 radical (unpaired) electrons. The van der Waals surface area contributed by atoms with Crippen LogP contribution in [-0.2, 0) is 11.8 Å². The quantitative estimate of drug-likeness (QED) is 0.632. The standard InChI is InChI=1S/C14H16N2O2S2/c1-16-13(18)9-7-8-19-12(9)15-14(16)20-11-6-4-2-3-5-10(11)17/h7-8,11H,2-6H2,1H3. The molecule has 4 nitrogen and oxygen atoms in total. The van der Waals surface area contributed by atoms with E-state index in [9.17, 15) is 9.59 Å². The molecule has 1 aliphatic rings. The summed E-state index contributed by atoms with van der Waals surface area (Å²) in [5.41, 5.74) is -0.0279. The minimum atomic E-state index is -0.0481. The zero-order valence-electron chi connectivity index (χ0n) is 11.3. The van der Waals surface area contributed by atoms with Crippen molar-refractivity contribution in [3.63, 3.8) is 0 Å². The minimum absolute atomic E-state index is 0.0279. The van der Waals surface area contributed by atoms with Gasteiger partial charge in [0.15, 0.2) is 5.16 Å². The Hall–Kier alpha value is -1.14. The van der Waals surface area contributed by atoms with Gasteiger partial charge in [-0.15, -0.1) is 11.3 Å². The van der Waals surface area contributed by atoms with Crippen molar-refractivity contribution in [2.24, 2.45) is 7.05 Å². The monoisotopic (exact) mass is 308 g/mol. The van der Waals surface area contributed by atoms with Crippen molar-refractivity contribution in [1.82, 2.24) is 9.55 Å². The van der Waals surface area contributed by atoms with Crippen LogP contribution in [0.15, 0.2) is 21.4 Å². The fourth-order valence-corrected chi connectivity index (χ4v) is 4.45. The predicted octanol–water partition coefficient (Wildman–Crippen LogP) is 2.99. The first-order chi connectivity index (χ1) is 9.66. The molecule has 1 saturated carbocycles. The van der Waals surface area contributed by atoms with Crippen molar-refractivity contribution in [3.05, 3.63) is 21.8 Å². The Bertz CT molecular complexity index is 705. The van der Waals surface area contributed by atoms with E-state index in [0.717, 1.165) is 30.5 Å². The molecular weight excluding hydrogens is 292 g/mol. The number of thioether (sulfide) groups is 1. The van der Waals surface area contributed by atoms with Gasteiger partial charge in [-0.3, -0.25) is 14.2 Å². The molecule has 0 spiro atoms. The largest absolute Gasteiger partial charge is 0.298 e. The van der Waals surface area contributed by atoms with Crippen LogP contribution in [0.25, 0.3) is 10.2 Å². The molecule has 1 unspecified atom stereocenters. The number of ketones is 1. The Labute approximate surface area is 125 Å². The van der Waals surface area contributed by atoms with E-state index in [1.54, 1.807) is 17.7 Å². The second-order valence-electron chi connectivity index (χ2n) is 5.07. The van der Waals surface area contributed by atoms with E-state index in [0.29, 0.717) is 22.7 Å².